The lowest BCUT2D eigenvalue weighted by Crippen LogP contribution is -2.33. The number of hydrogen-bond donors (Lipinski definition) is 3. The van der Waals surface area contributed by atoms with Crippen LogP contribution in [-0.2, 0) is 4.74 Å². The number of aryl methyl sites for hydroxylation is 1. The SMILES string of the molecule is Cc1nc(C(=O)Nc2ccc([C@H]3CNCCO3)cc2F)ccc1N. The highest BCUT2D eigenvalue weighted by Gasteiger charge is 2.18. The Bertz CT molecular complexity index is 760. The van der Waals surface area contributed by atoms with Crippen LogP contribution in [0.1, 0.15) is 27.8 Å². The fraction of sp³-hybridized carbons (Fsp3) is 0.294. The predicted octanol–water partition coefficient (Wildman–Crippen LogP) is 2.02. The Balaban J connectivity index is 1.74. The van der Waals surface area contributed by atoms with Crippen LogP contribution < -0.4 is 16.4 Å². The molecule has 1 aliphatic rings. The summed E-state index contributed by atoms with van der Waals surface area (Å²) >= 11 is 0. The number of benzene rings is 1. The molecule has 2 heterocycles. The van der Waals surface area contributed by atoms with Gasteiger partial charge in [0, 0.05) is 13.1 Å². The first kappa shape index (κ1) is 16.4. The van der Waals surface area contributed by atoms with Crippen molar-refractivity contribution in [2.45, 2.75) is 13.0 Å². The van der Waals surface area contributed by atoms with Crippen molar-refractivity contribution in [3.05, 3.63) is 53.1 Å². The Hall–Kier alpha value is -2.51. The van der Waals surface area contributed by atoms with Crippen molar-refractivity contribution in [2.24, 2.45) is 0 Å². The van der Waals surface area contributed by atoms with E-state index in [1.54, 1.807) is 19.1 Å². The van der Waals surface area contributed by atoms with Crippen molar-refractivity contribution in [1.29, 1.82) is 0 Å². The first-order valence-electron chi connectivity index (χ1n) is 7.71. The molecular formula is C17H19FN4O2. The molecule has 0 spiro atoms. The minimum absolute atomic E-state index is 0.101. The number of pyridine rings is 1. The normalized spacial score (nSPS) is 17.5. The van der Waals surface area contributed by atoms with Crippen molar-refractivity contribution in [2.75, 3.05) is 30.7 Å². The summed E-state index contributed by atoms with van der Waals surface area (Å²) in [6.45, 7) is 3.73. The number of rotatable bonds is 3. The average molecular weight is 330 g/mol. The summed E-state index contributed by atoms with van der Waals surface area (Å²) in [4.78, 5) is 16.3. The van der Waals surface area contributed by atoms with E-state index in [1.165, 1.54) is 18.2 Å². The van der Waals surface area contributed by atoms with Gasteiger partial charge in [-0.25, -0.2) is 9.37 Å². The zero-order valence-corrected chi connectivity index (χ0v) is 13.3. The number of hydrogen-bond acceptors (Lipinski definition) is 5. The summed E-state index contributed by atoms with van der Waals surface area (Å²) in [7, 11) is 0. The minimum Gasteiger partial charge on any atom is -0.397 e. The number of nitrogen functional groups attached to an aromatic ring is 1. The van der Waals surface area contributed by atoms with Crippen LogP contribution in [0.15, 0.2) is 30.3 Å². The second kappa shape index (κ2) is 6.94. The molecule has 0 bridgehead atoms. The van der Waals surface area contributed by atoms with Gasteiger partial charge in [0.2, 0.25) is 0 Å². The van der Waals surface area contributed by atoms with Crippen molar-refractivity contribution < 1.29 is 13.9 Å². The average Bonchev–Trinajstić information content (AvgIpc) is 2.59. The lowest BCUT2D eigenvalue weighted by molar-refractivity contribution is 0.0275. The maximum atomic E-state index is 14.3. The van der Waals surface area contributed by atoms with Crippen molar-refractivity contribution in [3.63, 3.8) is 0 Å². The van der Waals surface area contributed by atoms with Gasteiger partial charge in [0.25, 0.3) is 5.91 Å². The minimum atomic E-state index is -0.512. The van der Waals surface area contributed by atoms with Crippen molar-refractivity contribution >= 4 is 17.3 Å². The Labute approximate surface area is 139 Å². The van der Waals surface area contributed by atoms with Gasteiger partial charge in [0.15, 0.2) is 0 Å². The molecule has 1 aromatic heterocycles. The third kappa shape index (κ3) is 3.52. The predicted molar refractivity (Wildman–Crippen MR) is 89.3 cm³/mol. The highest BCUT2D eigenvalue weighted by molar-refractivity contribution is 6.03. The topological polar surface area (TPSA) is 89.3 Å². The Morgan fingerprint density at radius 1 is 1.42 bits per heavy atom. The first-order chi connectivity index (χ1) is 11.5. The number of anilines is 2. The summed E-state index contributed by atoms with van der Waals surface area (Å²) in [6.07, 6.45) is -0.181. The molecule has 1 aliphatic heterocycles. The van der Waals surface area contributed by atoms with E-state index in [1.807, 2.05) is 0 Å². The summed E-state index contributed by atoms with van der Waals surface area (Å²) in [6, 6.07) is 7.77. The summed E-state index contributed by atoms with van der Waals surface area (Å²) in [5.74, 6) is -0.998. The molecule has 24 heavy (non-hydrogen) atoms. The molecule has 6 nitrogen and oxygen atoms in total. The largest absolute Gasteiger partial charge is 0.397 e. The van der Waals surface area contributed by atoms with E-state index in [9.17, 15) is 9.18 Å². The fourth-order valence-corrected chi connectivity index (χ4v) is 2.50. The van der Waals surface area contributed by atoms with E-state index < -0.39 is 11.7 Å². The molecule has 1 atom stereocenters. The zero-order valence-electron chi connectivity index (χ0n) is 13.3. The third-order valence-corrected chi connectivity index (χ3v) is 3.90. The maximum Gasteiger partial charge on any atom is 0.274 e. The number of carbonyl (C=O) groups excluding carboxylic acids is 1. The molecule has 1 saturated heterocycles. The number of ether oxygens (including phenoxy) is 1. The van der Waals surface area contributed by atoms with Crippen LogP contribution >= 0.6 is 0 Å². The van der Waals surface area contributed by atoms with Gasteiger partial charge in [-0.2, -0.15) is 0 Å². The molecule has 4 N–H and O–H groups in total. The second-order valence-corrected chi connectivity index (χ2v) is 5.63. The van der Waals surface area contributed by atoms with Gasteiger partial charge in [-0.1, -0.05) is 6.07 Å². The summed E-state index contributed by atoms with van der Waals surface area (Å²) in [5, 5.41) is 5.72. The van der Waals surface area contributed by atoms with E-state index >= 15 is 0 Å². The quantitative estimate of drug-likeness (QED) is 0.801. The molecular weight excluding hydrogens is 311 g/mol. The highest BCUT2D eigenvalue weighted by Crippen LogP contribution is 2.24. The van der Waals surface area contributed by atoms with Crippen molar-refractivity contribution in [3.8, 4) is 0 Å². The standard InChI is InChI=1S/C17H19FN4O2/c1-10-13(19)3-5-15(21-10)17(23)22-14-4-2-11(8-12(14)18)16-9-20-6-7-24-16/h2-5,8,16,20H,6-7,9,19H2,1H3,(H,22,23)/t16-/m1/s1. The third-order valence-electron chi connectivity index (χ3n) is 3.90. The highest BCUT2D eigenvalue weighted by atomic mass is 19.1. The monoisotopic (exact) mass is 330 g/mol. The van der Waals surface area contributed by atoms with Crippen LogP contribution in [0.4, 0.5) is 15.8 Å². The lowest BCUT2D eigenvalue weighted by Gasteiger charge is -2.24. The number of aromatic nitrogens is 1. The van der Waals surface area contributed by atoms with Crippen LogP contribution in [0.2, 0.25) is 0 Å². The lowest BCUT2D eigenvalue weighted by atomic mass is 10.1. The molecule has 0 aliphatic carbocycles. The number of nitrogens with two attached hydrogens (primary N) is 1. The number of nitrogens with zero attached hydrogens (tertiary/aromatic N) is 1. The van der Waals surface area contributed by atoms with Gasteiger partial charge >= 0.3 is 0 Å². The van der Waals surface area contributed by atoms with E-state index in [2.05, 4.69) is 15.6 Å². The van der Waals surface area contributed by atoms with Crippen LogP contribution in [0.5, 0.6) is 0 Å². The Morgan fingerprint density at radius 2 is 2.25 bits per heavy atom. The molecule has 0 radical (unpaired) electrons. The molecule has 3 rings (SSSR count). The number of carbonyl (C=O) groups is 1. The molecule has 0 unspecified atom stereocenters. The van der Waals surface area contributed by atoms with Crippen LogP contribution in [0.25, 0.3) is 0 Å². The molecule has 7 heteroatoms. The molecule has 1 aromatic carbocycles. The maximum absolute atomic E-state index is 14.3. The zero-order chi connectivity index (χ0) is 17.1. The second-order valence-electron chi connectivity index (χ2n) is 5.63. The van der Waals surface area contributed by atoms with E-state index in [0.29, 0.717) is 24.5 Å². The molecule has 1 fully saturated rings. The van der Waals surface area contributed by atoms with Gasteiger partial charge in [0.1, 0.15) is 11.5 Å². The van der Waals surface area contributed by atoms with Gasteiger partial charge in [-0.3, -0.25) is 4.79 Å². The van der Waals surface area contributed by atoms with Gasteiger partial charge in [-0.05, 0) is 36.8 Å². The smallest absolute Gasteiger partial charge is 0.274 e. The Morgan fingerprint density at radius 3 is 2.92 bits per heavy atom. The molecule has 126 valence electrons. The number of halogens is 1. The number of morpholine rings is 1. The fourth-order valence-electron chi connectivity index (χ4n) is 2.50. The van der Waals surface area contributed by atoms with E-state index in [0.717, 1.165) is 12.1 Å². The van der Waals surface area contributed by atoms with E-state index in [-0.39, 0.29) is 17.5 Å². The van der Waals surface area contributed by atoms with Crippen LogP contribution in [-0.4, -0.2) is 30.6 Å². The Kier molecular flexibility index (Phi) is 4.73. The molecule has 0 saturated carbocycles. The van der Waals surface area contributed by atoms with E-state index in [4.69, 9.17) is 10.5 Å². The first-order valence-corrected chi connectivity index (χ1v) is 7.71. The summed E-state index contributed by atoms with van der Waals surface area (Å²) in [5.41, 5.74) is 7.76. The molecule has 1 amide bonds. The van der Waals surface area contributed by atoms with Crippen molar-refractivity contribution in [1.82, 2.24) is 10.3 Å². The number of amides is 1. The summed E-state index contributed by atoms with van der Waals surface area (Å²) < 4.78 is 19.9. The van der Waals surface area contributed by atoms with Gasteiger partial charge < -0.3 is 21.1 Å². The van der Waals surface area contributed by atoms with Crippen LogP contribution in [0.3, 0.4) is 0 Å². The van der Waals surface area contributed by atoms with Gasteiger partial charge in [0.05, 0.1) is 29.8 Å². The molecule has 2 aromatic rings. The number of nitrogens with one attached hydrogen (secondary N) is 2. The van der Waals surface area contributed by atoms with Crippen LogP contribution in [0, 0.1) is 12.7 Å². The van der Waals surface area contributed by atoms with Gasteiger partial charge in [-0.15, -0.1) is 0 Å².